The van der Waals surface area contributed by atoms with Crippen molar-refractivity contribution < 1.29 is 140 Å². The molecular weight excluding hydrogens is 1060 g/mol. The summed E-state index contributed by atoms with van der Waals surface area (Å²) in [6.07, 6.45) is 15.6. The molecule has 4 aromatic carbocycles. The first kappa shape index (κ1) is 67.5. The van der Waals surface area contributed by atoms with Crippen LogP contribution in [0, 0.1) is 20.2 Å². The van der Waals surface area contributed by atoms with E-state index in [1.54, 1.807) is 24.8 Å². The maximum absolute atomic E-state index is 10.4. The van der Waals surface area contributed by atoms with E-state index in [0.29, 0.717) is 0 Å². The van der Waals surface area contributed by atoms with E-state index in [1.807, 2.05) is 24.3 Å². The summed E-state index contributed by atoms with van der Waals surface area (Å²) in [4.78, 5) is 19.3. The molecule has 4 radical (unpaired) electrons. The summed E-state index contributed by atoms with van der Waals surface area (Å²) in [5, 5.41) is 113. The second kappa shape index (κ2) is 31.7. The van der Waals surface area contributed by atoms with Gasteiger partial charge in [0.2, 0.25) is 0 Å². The largest absolute Gasteiger partial charge is 2.00 e. The molecule has 4 aliphatic heterocycles. The molecule has 364 valence electrons. The third-order valence-corrected chi connectivity index (χ3v) is 8.23. The average molecular weight is 1100 g/mol. The number of nitro groups is 2. The third kappa shape index (κ3) is 17.9. The Morgan fingerprint density at radius 2 is 0.591 bits per heavy atom. The molecule has 4 aromatic rings. The number of benzene rings is 4. The topological polar surface area (TPSA) is 431 Å². The molecule has 0 saturated carbocycles. The van der Waals surface area contributed by atoms with E-state index >= 15 is 0 Å². The molecule has 0 aliphatic carbocycles. The second-order valence-electron chi connectivity index (χ2n) is 12.2. The fraction of sp³-hybridized carbons (Fsp3) is 0.100. The summed E-state index contributed by atoms with van der Waals surface area (Å²) in [6.45, 7) is 0. The first-order valence-electron chi connectivity index (χ1n) is 16.9. The second-order valence-corrected chi connectivity index (χ2v) is 12.2. The van der Waals surface area contributed by atoms with Crippen LogP contribution >= 0.6 is 0 Å². The van der Waals surface area contributed by atoms with Crippen molar-refractivity contribution in [3.05, 3.63) is 194 Å². The van der Waals surface area contributed by atoms with Crippen LogP contribution in [0.4, 0.5) is 34.1 Å². The van der Waals surface area contributed by atoms with Crippen molar-refractivity contribution >= 4 is 58.4 Å². The van der Waals surface area contributed by atoms with Gasteiger partial charge in [0.1, 0.15) is 0 Å². The Morgan fingerprint density at radius 3 is 0.758 bits per heavy atom. The Bertz CT molecular complexity index is 2260. The molecule has 0 amide bonds. The summed E-state index contributed by atoms with van der Waals surface area (Å²) in [6, 6.07) is 14.2. The molecule has 4 aliphatic rings. The fourth-order valence-electron chi connectivity index (χ4n) is 5.48. The molecule has 0 atom stereocenters. The van der Waals surface area contributed by atoms with E-state index in [1.165, 1.54) is 0 Å². The van der Waals surface area contributed by atoms with Crippen LogP contribution in [0.1, 0.15) is 47.4 Å². The Kier molecular flexibility index (Phi) is 32.4. The van der Waals surface area contributed by atoms with Gasteiger partial charge in [-0.1, -0.05) is 72.9 Å². The number of aliphatic hydroxyl groups excluding tert-OH is 4. The maximum Gasteiger partial charge on any atom is 2.00 e. The third-order valence-electron chi connectivity index (χ3n) is 8.23. The van der Waals surface area contributed by atoms with Crippen LogP contribution in [-0.4, -0.2) is 72.6 Å². The molecule has 0 unspecified atom stereocenters. The maximum atomic E-state index is 10.4. The smallest absolute Gasteiger partial charge is 0.665 e. The molecule has 0 saturated heterocycles. The van der Waals surface area contributed by atoms with Gasteiger partial charge >= 0.3 is 33.6 Å². The van der Waals surface area contributed by atoms with Gasteiger partial charge in [-0.15, -0.1) is 22.7 Å². The van der Waals surface area contributed by atoms with Gasteiger partial charge in [0.15, 0.2) is 25.2 Å². The van der Waals surface area contributed by atoms with Crippen molar-refractivity contribution in [1.82, 2.24) is 0 Å². The Morgan fingerprint density at radius 1 is 0.394 bits per heavy atom. The molecule has 4 heterocycles. The van der Waals surface area contributed by atoms with Crippen LogP contribution in [-0.2, 0) is 67.1 Å². The Balaban J connectivity index is -0.000000373. The zero-order valence-electron chi connectivity index (χ0n) is 33.2. The Labute approximate surface area is 415 Å². The van der Waals surface area contributed by atoms with Gasteiger partial charge in [0.05, 0.1) is 9.85 Å². The number of hydrogen-bond acceptors (Lipinski definition) is 12. The van der Waals surface area contributed by atoms with E-state index in [9.17, 15) is 20.2 Å². The van der Waals surface area contributed by atoms with Crippen LogP contribution in [0.15, 0.2) is 110 Å². The van der Waals surface area contributed by atoms with Crippen molar-refractivity contribution in [2.75, 3.05) is 0 Å². The van der Waals surface area contributed by atoms with Crippen molar-refractivity contribution in [3.8, 4) is 0 Å². The molecule has 66 heavy (non-hydrogen) atoms. The summed E-state index contributed by atoms with van der Waals surface area (Å²) in [7, 11) is 0. The molecule has 26 heteroatoms. The summed E-state index contributed by atoms with van der Waals surface area (Å²) >= 11 is 0. The average Bonchev–Trinajstić information content (AvgIpc) is 3.23. The molecule has 16 N–H and O–H groups in total. The number of fused-ring (bicyclic) bond motifs is 6. The number of hydrogen-bond donors (Lipinski definition) is 8. The van der Waals surface area contributed by atoms with E-state index in [-0.39, 0.29) is 111 Å². The van der Waals surface area contributed by atoms with E-state index < -0.39 is 46.4 Å². The minimum atomic E-state index is -1.90. The monoisotopic (exact) mass is 1100 g/mol. The SMILES string of the molecule is C1=C[N-]c2c3c(ccc2=C1)=CC=C[N-]3.C1=C[N-]c2c3c(ccc2=C1)=CC=C[N-]3.O.O.O.O.O=[N+]([O-])c1cc(C(O)O)cc(C(O)O)c1.O=[N+]([O-])c1cc(C(O)O)cc(C(O)O)c1.[Co+2].[Co+2].[Co].[Co]. The van der Waals surface area contributed by atoms with Gasteiger partial charge in [0, 0.05) is 80.1 Å². The standard InChI is InChI=1S/2C12H8N2.2C8H9NO6.4Co.4H2O/c2*1-3-9-5-6-10-4-2-8-14-12(10)11(9)13-7-1;2*10-7(11)4-1-5(8(12)13)3-6(2-4)9(14)15;;;;;;;;/h2*1-8H;2*1-3,7-8,10-13H;;;;;4*1H2/q2*-2;;;;;2*+2;;;;. The number of rotatable bonds is 6. The van der Waals surface area contributed by atoms with Crippen molar-refractivity contribution in [1.29, 1.82) is 0 Å². The van der Waals surface area contributed by atoms with Gasteiger partial charge in [0.25, 0.3) is 11.4 Å². The Hall–Kier alpha value is -5.13. The summed E-state index contributed by atoms with van der Waals surface area (Å²) < 4.78 is 0. The molecule has 0 fully saturated rings. The van der Waals surface area contributed by atoms with Crippen LogP contribution in [0.5, 0.6) is 0 Å². The van der Waals surface area contributed by atoms with E-state index in [2.05, 4.69) is 69.8 Å². The number of non-ortho nitro benzene ring substituents is 2. The molecular formula is C40H42Co4N6O16. The molecule has 0 bridgehead atoms. The van der Waals surface area contributed by atoms with E-state index in [4.69, 9.17) is 40.9 Å². The summed E-state index contributed by atoms with van der Waals surface area (Å²) in [5.74, 6) is 0. The van der Waals surface area contributed by atoms with Crippen molar-refractivity contribution in [3.63, 3.8) is 0 Å². The van der Waals surface area contributed by atoms with Crippen molar-refractivity contribution in [2.24, 2.45) is 0 Å². The minimum Gasteiger partial charge on any atom is -0.665 e. The number of nitro benzene ring substituents is 2. The predicted octanol–water partition coefficient (Wildman–Crippen LogP) is 0.439. The first-order valence-corrected chi connectivity index (χ1v) is 16.9. The minimum absolute atomic E-state index is 0. The van der Waals surface area contributed by atoms with Crippen LogP contribution in [0.25, 0.3) is 45.6 Å². The van der Waals surface area contributed by atoms with Crippen LogP contribution in [0.3, 0.4) is 0 Å². The molecule has 22 nitrogen and oxygen atoms in total. The zero-order chi connectivity index (χ0) is 41.9. The van der Waals surface area contributed by atoms with Gasteiger partial charge in [-0.25, -0.2) is 0 Å². The molecule has 0 spiro atoms. The van der Waals surface area contributed by atoms with Crippen LogP contribution in [0.2, 0.25) is 0 Å². The normalized spacial score (nSPS) is 11.6. The van der Waals surface area contributed by atoms with Crippen LogP contribution < -0.4 is 20.9 Å². The van der Waals surface area contributed by atoms with Gasteiger partial charge < -0.3 is 84.0 Å². The first-order chi connectivity index (χ1) is 27.7. The van der Waals surface area contributed by atoms with Gasteiger partial charge in [-0.2, -0.15) is 24.8 Å². The molecule has 0 aromatic heterocycles. The number of nitrogens with zero attached hydrogens (tertiary/aromatic N) is 6. The predicted molar refractivity (Wildman–Crippen MR) is 227 cm³/mol. The summed E-state index contributed by atoms with van der Waals surface area (Å²) in [5.41, 5.74) is 2.33. The number of aliphatic hydroxyl groups is 8. The molecule has 8 rings (SSSR count). The number of allylic oxidation sites excluding steroid dienone is 4. The zero-order valence-corrected chi connectivity index (χ0v) is 37.4. The van der Waals surface area contributed by atoms with Gasteiger partial charge in [-0.3, -0.25) is 20.2 Å². The van der Waals surface area contributed by atoms with Gasteiger partial charge in [-0.05, 0) is 33.0 Å². The fourth-order valence-corrected chi connectivity index (χ4v) is 5.48. The quantitative estimate of drug-likeness (QED) is 0.0741. The van der Waals surface area contributed by atoms with E-state index in [0.717, 1.165) is 80.0 Å². The van der Waals surface area contributed by atoms with Crippen molar-refractivity contribution in [2.45, 2.75) is 25.2 Å².